The Kier molecular flexibility index (Phi) is 8.71. The quantitative estimate of drug-likeness (QED) is 0.222. The molecular weight excluding hydrogens is 520 g/mol. The Labute approximate surface area is 250 Å². The van der Waals surface area contributed by atoms with Crippen LogP contribution in [0.4, 0.5) is 11.4 Å². The molecule has 210 valence electrons. The Bertz CT molecular complexity index is 1700. The average molecular weight is 561 g/mol. The minimum absolute atomic E-state index is 0.238. The van der Waals surface area contributed by atoms with Gasteiger partial charge < -0.3 is 9.80 Å². The summed E-state index contributed by atoms with van der Waals surface area (Å²) < 4.78 is 0. The third-order valence-corrected chi connectivity index (χ3v) is 9.26. The summed E-state index contributed by atoms with van der Waals surface area (Å²) in [6, 6.07) is 26.3. The van der Waals surface area contributed by atoms with E-state index in [1.807, 2.05) is 0 Å². The van der Waals surface area contributed by atoms with Gasteiger partial charge in [0.05, 0.1) is 0 Å². The van der Waals surface area contributed by atoms with Crippen LogP contribution in [0.25, 0.3) is 21.5 Å². The van der Waals surface area contributed by atoms with Crippen LogP contribution in [-0.2, 0) is 0 Å². The zero-order chi connectivity index (χ0) is 29.1. The van der Waals surface area contributed by atoms with E-state index in [1.165, 1.54) is 60.9 Å². The Morgan fingerprint density at radius 3 is 2.05 bits per heavy atom. The number of hydrogen-bond donors (Lipinski definition) is 0. The van der Waals surface area contributed by atoms with Crippen LogP contribution in [0.1, 0.15) is 44.2 Å². The molecule has 4 aromatic carbocycles. The molecule has 2 nitrogen and oxygen atoms in total. The fourth-order valence-corrected chi connectivity index (χ4v) is 6.23. The molecule has 0 N–H and O–H groups in total. The number of allylic oxidation sites excluding steroid dienone is 7. The normalized spacial score (nSPS) is 16.3. The van der Waals surface area contributed by atoms with Crippen LogP contribution in [-0.4, -0.2) is 20.1 Å². The molecule has 41 heavy (non-hydrogen) atoms. The molecule has 4 aromatic rings. The molecule has 1 unspecified atom stereocenters. The second kappa shape index (κ2) is 12.4. The summed E-state index contributed by atoms with van der Waals surface area (Å²) in [5, 5.41) is 6.07. The van der Waals surface area contributed by atoms with Gasteiger partial charge >= 0.3 is 0 Å². The molecule has 0 saturated heterocycles. The Morgan fingerprint density at radius 1 is 0.805 bits per heavy atom. The number of nitrogens with zero attached hydrogens (tertiary/aromatic N) is 2. The topological polar surface area (TPSA) is 6.48 Å². The van der Waals surface area contributed by atoms with Gasteiger partial charge in [0, 0.05) is 42.2 Å². The third kappa shape index (κ3) is 5.99. The number of aryl methyl sites for hydroxylation is 2. The predicted molar refractivity (Wildman–Crippen MR) is 181 cm³/mol. The molecule has 0 amide bonds. The number of hydrogen-bond acceptors (Lipinski definition) is 2. The Morgan fingerprint density at radius 2 is 1.39 bits per heavy atom. The second-order valence-corrected chi connectivity index (χ2v) is 11.7. The highest BCUT2D eigenvalue weighted by Crippen LogP contribution is 2.35. The van der Waals surface area contributed by atoms with Crippen molar-refractivity contribution in [1.29, 1.82) is 0 Å². The lowest BCUT2D eigenvalue weighted by Gasteiger charge is -2.27. The van der Waals surface area contributed by atoms with Gasteiger partial charge in [0.2, 0.25) is 0 Å². The monoisotopic (exact) mass is 560 g/mol. The van der Waals surface area contributed by atoms with Crippen LogP contribution in [0.15, 0.2) is 119 Å². The van der Waals surface area contributed by atoms with Gasteiger partial charge in [0.25, 0.3) is 0 Å². The van der Waals surface area contributed by atoms with Crippen molar-refractivity contribution in [3.63, 3.8) is 0 Å². The van der Waals surface area contributed by atoms with E-state index in [9.17, 15) is 0 Å². The zero-order valence-electron chi connectivity index (χ0n) is 25.2. The molecule has 0 radical (unpaired) electrons. The summed E-state index contributed by atoms with van der Waals surface area (Å²) in [6.07, 6.45) is 12.1. The Hall–Kier alpha value is -3.75. The molecule has 0 heterocycles. The second-order valence-electron chi connectivity index (χ2n) is 11.3. The molecule has 0 spiro atoms. The molecular formula is C38H41ClN2. The number of benzene rings is 4. The minimum atomic E-state index is 0.238. The molecule has 1 atom stereocenters. The van der Waals surface area contributed by atoms with E-state index >= 15 is 0 Å². The van der Waals surface area contributed by atoms with Crippen molar-refractivity contribution in [2.45, 2.75) is 53.0 Å². The average Bonchev–Trinajstić information content (AvgIpc) is 2.99. The van der Waals surface area contributed by atoms with Crippen molar-refractivity contribution in [3.8, 4) is 0 Å². The van der Waals surface area contributed by atoms with Gasteiger partial charge in [-0.05, 0) is 109 Å². The lowest BCUT2D eigenvalue weighted by atomic mass is 9.93. The van der Waals surface area contributed by atoms with E-state index in [1.54, 1.807) is 0 Å². The lowest BCUT2D eigenvalue weighted by molar-refractivity contribution is 0.785. The maximum absolute atomic E-state index is 6.99. The molecule has 0 aliphatic heterocycles. The third-order valence-electron chi connectivity index (χ3n) is 8.78. The number of anilines is 2. The van der Waals surface area contributed by atoms with Crippen molar-refractivity contribution < 1.29 is 0 Å². The summed E-state index contributed by atoms with van der Waals surface area (Å²) in [7, 11) is 4.32. The Balaban J connectivity index is 1.33. The molecule has 1 aliphatic carbocycles. The van der Waals surface area contributed by atoms with Crippen LogP contribution < -0.4 is 9.80 Å². The van der Waals surface area contributed by atoms with Gasteiger partial charge in [-0.3, -0.25) is 0 Å². The van der Waals surface area contributed by atoms with Crippen molar-refractivity contribution in [3.05, 3.63) is 130 Å². The first kappa shape index (κ1) is 28.8. The number of likely N-dealkylation sites (N-methyl/N-ethyl adjacent to an activating group) is 1. The molecule has 0 aromatic heterocycles. The molecule has 3 heteroatoms. The van der Waals surface area contributed by atoms with Crippen LogP contribution in [0, 0.1) is 13.8 Å². The minimum Gasteiger partial charge on any atom is -0.368 e. The number of fused-ring (bicyclic) bond motifs is 2. The largest absolute Gasteiger partial charge is 0.368 e. The van der Waals surface area contributed by atoms with Gasteiger partial charge in [0.15, 0.2) is 0 Å². The van der Waals surface area contributed by atoms with Gasteiger partial charge in [-0.15, -0.1) is 0 Å². The van der Waals surface area contributed by atoms with E-state index in [0.29, 0.717) is 0 Å². The zero-order valence-corrected chi connectivity index (χ0v) is 26.0. The van der Waals surface area contributed by atoms with Crippen molar-refractivity contribution >= 4 is 44.5 Å². The highest BCUT2D eigenvalue weighted by Gasteiger charge is 2.16. The molecule has 0 fully saturated rings. The lowest BCUT2D eigenvalue weighted by Crippen LogP contribution is -2.27. The van der Waals surface area contributed by atoms with Crippen molar-refractivity contribution in [2.75, 3.05) is 23.9 Å². The first-order valence-electron chi connectivity index (χ1n) is 14.6. The summed E-state index contributed by atoms with van der Waals surface area (Å²) in [4.78, 5) is 4.62. The van der Waals surface area contributed by atoms with E-state index in [-0.39, 0.29) is 6.04 Å². The molecule has 1 aliphatic rings. The van der Waals surface area contributed by atoms with E-state index in [0.717, 1.165) is 24.3 Å². The summed E-state index contributed by atoms with van der Waals surface area (Å²) >= 11 is 6.99. The predicted octanol–water partition coefficient (Wildman–Crippen LogP) is 10.6. The first-order chi connectivity index (χ1) is 19.8. The van der Waals surface area contributed by atoms with Crippen molar-refractivity contribution in [2.24, 2.45) is 0 Å². The number of rotatable bonds is 7. The summed E-state index contributed by atoms with van der Waals surface area (Å²) in [5.74, 6) is 0. The highest BCUT2D eigenvalue weighted by atomic mass is 35.5. The van der Waals surface area contributed by atoms with Gasteiger partial charge in [-0.25, -0.2) is 0 Å². The highest BCUT2D eigenvalue weighted by molar-refractivity contribution is 6.32. The smallest absolute Gasteiger partial charge is 0.0469 e. The first-order valence-corrected chi connectivity index (χ1v) is 15.0. The van der Waals surface area contributed by atoms with Crippen LogP contribution in [0.2, 0.25) is 0 Å². The summed E-state index contributed by atoms with van der Waals surface area (Å²) in [5.41, 5.74) is 8.73. The SMILES string of the molecule is C/C(=C\C=C1/CCCC(/C=C/C(C)N(C)c2ccc3ccccc3c2C)=C1Cl)N(C)c1ccc2ccccc2c1C. The van der Waals surface area contributed by atoms with E-state index in [4.69, 9.17) is 11.6 Å². The van der Waals surface area contributed by atoms with Gasteiger partial charge in [-0.1, -0.05) is 90.5 Å². The fraction of sp³-hybridized carbons (Fsp3) is 0.263. The van der Waals surface area contributed by atoms with Crippen LogP contribution in [0.5, 0.6) is 0 Å². The van der Waals surface area contributed by atoms with Gasteiger partial charge in [-0.2, -0.15) is 0 Å². The van der Waals surface area contributed by atoms with Crippen LogP contribution in [0.3, 0.4) is 0 Å². The fourth-order valence-electron chi connectivity index (χ4n) is 5.91. The van der Waals surface area contributed by atoms with Crippen LogP contribution >= 0.6 is 11.6 Å². The maximum Gasteiger partial charge on any atom is 0.0469 e. The standard InChI is InChI=1S/C38H41ClN2/c1-26(40(5)36-24-22-30-12-7-9-16-34(30)28(36)3)18-20-32-14-11-15-33(38(32)39)21-19-27(2)41(6)37-25-23-31-13-8-10-17-35(31)29(37)4/h7-10,12-13,16-26H,11,14-15H2,1-6H3/b20-18+,27-19+,33-21+. The van der Waals surface area contributed by atoms with E-state index < -0.39 is 0 Å². The molecule has 5 rings (SSSR count). The molecule has 0 saturated carbocycles. The van der Waals surface area contributed by atoms with Gasteiger partial charge in [0.1, 0.15) is 0 Å². The van der Waals surface area contributed by atoms with E-state index in [2.05, 4.69) is 149 Å². The number of halogens is 1. The van der Waals surface area contributed by atoms with Crippen molar-refractivity contribution in [1.82, 2.24) is 0 Å². The maximum atomic E-state index is 6.99. The molecule has 0 bridgehead atoms. The summed E-state index contributed by atoms with van der Waals surface area (Å²) in [6.45, 7) is 8.84.